The van der Waals surface area contributed by atoms with Crippen LogP contribution in [0, 0.1) is 18.3 Å². The number of nitrogens with one attached hydrogen (secondary N) is 1. The summed E-state index contributed by atoms with van der Waals surface area (Å²) in [5.41, 5.74) is 3.38. The van der Waals surface area contributed by atoms with Gasteiger partial charge in [-0.25, -0.2) is 12.7 Å². The van der Waals surface area contributed by atoms with Crippen molar-refractivity contribution in [2.45, 2.75) is 24.9 Å². The highest BCUT2D eigenvalue weighted by atomic mass is 32.2. The molecule has 0 fully saturated rings. The first-order chi connectivity index (χ1) is 11.3. The van der Waals surface area contributed by atoms with Crippen LogP contribution < -0.4 is 5.32 Å². The number of hydrogen-bond acceptors (Lipinski definition) is 4. The summed E-state index contributed by atoms with van der Waals surface area (Å²) in [6, 6.07) is 11.0. The van der Waals surface area contributed by atoms with Gasteiger partial charge in [-0.05, 0) is 30.2 Å². The number of hydrogen-bond donors (Lipinski definition) is 1. The molecule has 0 unspecified atom stereocenters. The summed E-state index contributed by atoms with van der Waals surface area (Å²) in [6.45, 7) is 2.96. The first-order valence-corrected chi connectivity index (χ1v) is 8.99. The average molecular weight is 346 g/mol. The lowest BCUT2D eigenvalue weighted by Crippen LogP contribution is -2.24. The van der Waals surface area contributed by atoms with Gasteiger partial charge < -0.3 is 9.88 Å². The number of benzene rings is 1. The molecule has 1 aromatic carbocycles. The quantitative estimate of drug-likeness (QED) is 0.864. The van der Waals surface area contributed by atoms with Crippen molar-refractivity contribution < 1.29 is 8.42 Å². The van der Waals surface area contributed by atoms with E-state index in [1.165, 1.54) is 18.4 Å². The molecule has 24 heavy (non-hydrogen) atoms. The summed E-state index contributed by atoms with van der Waals surface area (Å²) in [4.78, 5) is 0.310. The van der Waals surface area contributed by atoms with Crippen molar-refractivity contribution in [3.05, 3.63) is 52.8 Å². The van der Waals surface area contributed by atoms with Crippen LogP contribution in [0.5, 0.6) is 0 Å². The Morgan fingerprint density at radius 3 is 2.42 bits per heavy atom. The fourth-order valence-electron chi connectivity index (χ4n) is 2.48. The Morgan fingerprint density at radius 2 is 1.83 bits per heavy atom. The molecule has 1 heterocycles. The van der Waals surface area contributed by atoms with E-state index in [0.29, 0.717) is 23.7 Å². The highest BCUT2D eigenvalue weighted by Crippen LogP contribution is 2.19. The second-order valence-corrected chi connectivity index (χ2v) is 7.93. The van der Waals surface area contributed by atoms with E-state index in [-0.39, 0.29) is 0 Å². The topological polar surface area (TPSA) is 78.1 Å². The van der Waals surface area contributed by atoms with Crippen LogP contribution in [-0.4, -0.2) is 31.4 Å². The number of rotatable bonds is 6. The molecule has 0 aliphatic rings. The molecular formula is C17H22N4O2S. The number of nitriles is 1. The molecule has 2 aromatic rings. The van der Waals surface area contributed by atoms with Crippen molar-refractivity contribution in [3.8, 4) is 6.07 Å². The molecule has 1 N–H and O–H groups in total. The van der Waals surface area contributed by atoms with Crippen LogP contribution in [0.1, 0.15) is 22.5 Å². The molecule has 0 amide bonds. The van der Waals surface area contributed by atoms with Gasteiger partial charge in [-0.2, -0.15) is 5.26 Å². The maximum atomic E-state index is 12.4. The molecule has 0 bridgehead atoms. The van der Waals surface area contributed by atoms with E-state index in [1.54, 1.807) is 12.1 Å². The molecule has 0 aliphatic heterocycles. The minimum atomic E-state index is -3.47. The van der Waals surface area contributed by atoms with E-state index in [1.807, 2.05) is 36.7 Å². The van der Waals surface area contributed by atoms with Crippen LogP contribution in [0.25, 0.3) is 0 Å². The minimum Gasteiger partial charge on any atom is -0.340 e. The SMILES string of the molecule is Cc1c(CNCc2ccccc2S(=O)(=O)N(C)C)cc(C#N)n1C. The fourth-order valence-corrected chi connectivity index (χ4v) is 3.59. The van der Waals surface area contributed by atoms with Crippen molar-refractivity contribution in [1.82, 2.24) is 14.2 Å². The van der Waals surface area contributed by atoms with Gasteiger partial charge in [-0.1, -0.05) is 18.2 Å². The number of aromatic nitrogens is 1. The standard InChI is InChI=1S/C17H22N4O2S/c1-13-15(9-16(10-18)21(13)4)12-19-11-14-7-5-6-8-17(14)24(22,23)20(2)3/h5-9,19H,11-12H2,1-4H3. The predicted molar refractivity (Wildman–Crippen MR) is 92.7 cm³/mol. The molecule has 128 valence electrons. The third-order valence-corrected chi connectivity index (χ3v) is 6.03. The van der Waals surface area contributed by atoms with Crippen LogP contribution in [0.4, 0.5) is 0 Å². The summed E-state index contributed by atoms with van der Waals surface area (Å²) in [5, 5.41) is 12.3. The summed E-state index contributed by atoms with van der Waals surface area (Å²) in [6.07, 6.45) is 0. The van der Waals surface area contributed by atoms with Crippen molar-refractivity contribution in [3.63, 3.8) is 0 Å². The van der Waals surface area contributed by atoms with Gasteiger partial charge in [0, 0.05) is 39.9 Å². The first-order valence-electron chi connectivity index (χ1n) is 7.55. The molecule has 0 radical (unpaired) electrons. The Labute approximate surface area is 143 Å². The predicted octanol–water partition coefficient (Wildman–Crippen LogP) is 1.75. The first kappa shape index (κ1) is 18.2. The van der Waals surface area contributed by atoms with Crippen molar-refractivity contribution in [2.75, 3.05) is 14.1 Å². The molecule has 1 aromatic heterocycles. The van der Waals surface area contributed by atoms with E-state index < -0.39 is 10.0 Å². The van der Waals surface area contributed by atoms with Crippen molar-refractivity contribution >= 4 is 10.0 Å². The summed E-state index contributed by atoms with van der Waals surface area (Å²) < 4.78 is 27.8. The maximum Gasteiger partial charge on any atom is 0.242 e. The zero-order chi connectivity index (χ0) is 17.9. The van der Waals surface area contributed by atoms with E-state index in [4.69, 9.17) is 5.26 Å². The highest BCUT2D eigenvalue weighted by Gasteiger charge is 2.20. The average Bonchev–Trinajstić information content (AvgIpc) is 2.83. The molecule has 6 nitrogen and oxygen atoms in total. The van der Waals surface area contributed by atoms with Gasteiger partial charge in [-0.15, -0.1) is 0 Å². The van der Waals surface area contributed by atoms with Crippen LogP contribution in [0.2, 0.25) is 0 Å². The lowest BCUT2D eigenvalue weighted by atomic mass is 10.2. The fraction of sp³-hybridized carbons (Fsp3) is 0.353. The summed E-state index contributed by atoms with van der Waals surface area (Å²) in [5.74, 6) is 0. The zero-order valence-corrected chi connectivity index (χ0v) is 15.2. The third-order valence-electron chi connectivity index (χ3n) is 4.12. The van der Waals surface area contributed by atoms with Gasteiger partial charge >= 0.3 is 0 Å². The normalized spacial score (nSPS) is 11.7. The third kappa shape index (κ3) is 3.51. The van der Waals surface area contributed by atoms with Crippen LogP contribution in [-0.2, 0) is 30.2 Å². The Kier molecular flexibility index (Phi) is 5.44. The van der Waals surface area contributed by atoms with Gasteiger partial charge in [-0.3, -0.25) is 0 Å². The van der Waals surface area contributed by atoms with Crippen LogP contribution in [0.15, 0.2) is 35.2 Å². The van der Waals surface area contributed by atoms with Crippen molar-refractivity contribution in [1.29, 1.82) is 5.26 Å². The number of nitrogens with zero attached hydrogens (tertiary/aromatic N) is 3. The molecule has 0 saturated heterocycles. The summed E-state index contributed by atoms with van der Waals surface area (Å²) in [7, 11) is 1.43. The number of sulfonamides is 1. The van der Waals surface area contributed by atoms with E-state index in [9.17, 15) is 8.42 Å². The molecule has 2 rings (SSSR count). The smallest absolute Gasteiger partial charge is 0.242 e. The molecular weight excluding hydrogens is 324 g/mol. The Bertz CT molecular complexity index is 876. The summed E-state index contributed by atoms with van der Waals surface area (Å²) >= 11 is 0. The van der Waals surface area contributed by atoms with Gasteiger partial charge in [0.05, 0.1) is 4.90 Å². The monoisotopic (exact) mass is 346 g/mol. The lowest BCUT2D eigenvalue weighted by Gasteiger charge is -2.15. The van der Waals surface area contributed by atoms with Crippen LogP contribution >= 0.6 is 0 Å². The molecule has 0 saturated carbocycles. The zero-order valence-electron chi connectivity index (χ0n) is 14.4. The van der Waals surface area contributed by atoms with Gasteiger partial charge in [0.2, 0.25) is 10.0 Å². The Balaban J connectivity index is 2.16. The maximum absolute atomic E-state index is 12.4. The van der Waals surface area contributed by atoms with Gasteiger partial charge in [0.1, 0.15) is 11.8 Å². The second kappa shape index (κ2) is 7.18. The molecule has 7 heteroatoms. The Morgan fingerprint density at radius 1 is 1.21 bits per heavy atom. The molecule has 0 atom stereocenters. The van der Waals surface area contributed by atoms with E-state index in [2.05, 4.69) is 11.4 Å². The molecule has 0 spiro atoms. The van der Waals surface area contributed by atoms with E-state index in [0.717, 1.165) is 16.8 Å². The van der Waals surface area contributed by atoms with Gasteiger partial charge in [0.25, 0.3) is 0 Å². The largest absolute Gasteiger partial charge is 0.340 e. The Hall–Kier alpha value is -2.14. The second-order valence-electron chi connectivity index (χ2n) is 5.81. The highest BCUT2D eigenvalue weighted by molar-refractivity contribution is 7.89. The van der Waals surface area contributed by atoms with E-state index >= 15 is 0 Å². The molecule has 0 aliphatic carbocycles. The van der Waals surface area contributed by atoms with Crippen molar-refractivity contribution in [2.24, 2.45) is 7.05 Å². The minimum absolute atomic E-state index is 0.310. The lowest BCUT2D eigenvalue weighted by molar-refractivity contribution is 0.518. The van der Waals surface area contributed by atoms with Gasteiger partial charge in [0.15, 0.2) is 0 Å². The van der Waals surface area contributed by atoms with Crippen LogP contribution in [0.3, 0.4) is 0 Å².